The summed E-state index contributed by atoms with van der Waals surface area (Å²) in [5.74, 6) is 1.47. The molecular formula is C19H27F3N6. The molecule has 1 unspecified atom stereocenters. The first kappa shape index (κ1) is 21.7. The van der Waals surface area contributed by atoms with Crippen LogP contribution in [0.4, 0.5) is 13.2 Å². The molecule has 0 saturated heterocycles. The zero-order valence-corrected chi connectivity index (χ0v) is 16.4. The highest BCUT2D eigenvalue weighted by molar-refractivity contribution is 5.80. The number of aliphatic imine (C=N–C) groups is 1. The topological polar surface area (TPSA) is 67.1 Å². The SMILES string of the molecule is CCCN=C(NCCn1cnnc1CC)NC(C)c1cccc(C(F)(F)F)c1. The lowest BCUT2D eigenvalue weighted by atomic mass is 10.1. The predicted molar refractivity (Wildman–Crippen MR) is 103 cm³/mol. The zero-order chi connectivity index (χ0) is 20.6. The number of rotatable bonds is 8. The van der Waals surface area contributed by atoms with Gasteiger partial charge in [-0.3, -0.25) is 4.99 Å². The van der Waals surface area contributed by atoms with Crippen molar-refractivity contribution in [3.05, 3.63) is 47.5 Å². The first-order chi connectivity index (χ1) is 13.3. The van der Waals surface area contributed by atoms with Crippen LogP contribution in [0.2, 0.25) is 0 Å². The van der Waals surface area contributed by atoms with Gasteiger partial charge in [-0.2, -0.15) is 13.2 Å². The van der Waals surface area contributed by atoms with Gasteiger partial charge in [0.2, 0.25) is 0 Å². The Balaban J connectivity index is 2.01. The fourth-order valence-electron chi connectivity index (χ4n) is 2.68. The van der Waals surface area contributed by atoms with E-state index in [9.17, 15) is 13.2 Å². The molecule has 1 aromatic carbocycles. The average molecular weight is 396 g/mol. The van der Waals surface area contributed by atoms with Gasteiger partial charge < -0.3 is 15.2 Å². The predicted octanol–water partition coefficient (Wildman–Crippen LogP) is 3.57. The van der Waals surface area contributed by atoms with Crippen LogP contribution in [-0.2, 0) is 19.1 Å². The Bertz CT molecular complexity index is 769. The second-order valence-corrected chi connectivity index (χ2v) is 6.44. The molecule has 2 rings (SSSR count). The standard InChI is InChI=1S/C19H27F3N6/c1-4-9-23-18(24-10-11-28-13-25-27-17(28)5-2)26-14(3)15-7-6-8-16(12-15)19(20,21)22/h6-8,12-14H,4-5,9-11H2,1-3H3,(H2,23,24,26). The van der Waals surface area contributed by atoms with Gasteiger partial charge in [0.15, 0.2) is 5.96 Å². The van der Waals surface area contributed by atoms with Gasteiger partial charge in [-0.1, -0.05) is 26.0 Å². The molecule has 28 heavy (non-hydrogen) atoms. The second-order valence-electron chi connectivity index (χ2n) is 6.44. The number of hydrogen-bond acceptors (Lipinski definition) is 3. The van der Waals surface area contributed by atoms with Gasteiger partial charge in [0, 0.05) is 26.1 Å². The van der Waals surface area contributed by atoms with Crippen LogP contribution in [-0.4, -0.2) is 33.8 Å². The largest absolute Gasteiger partial charge is 0.416 e. The Labute approximate surface area is 163 Å². The third kappa shape index (κ3) is 6.24. The third-order valence-corrected chi connectivity index (χ3v) is 4.22. The number of nitrogens with zero attached hydrogens (tertiary/aromatic N) is 4. The van der Waals surface area contributed by atoms with Gasteiger partial charge in [0.05, 0.1) is 11.6 Å². The minimum absolute atomic E-state index is 0.327. The molecule has 154 valence electrons. The molecule has 9 heteroatoms. The summed E-state index contributed by atoms with van der Waals surface area (Å²) in [5.41, 5.74) is -0.105. The Hall–Kier alpha value is -2.58. The number of aromatic nitrogens is 3. The van der Waals surface area contributed by atoms with E-state index in [4.69, 9.17) is 0 Å². The molecule has 0 aliphatic heterocycles. The van der Waals surface area contributed by atoms with Crippen molar-refractivity contribution < 1.29 is 13.2 Å². The highest BCUT2D eigenvalue weighted by atomic mass is 19.4. The van der Waals surface area contributed by atoms with Crippen LogP contribution < -0.4 is 10.6 Å². The highest BCUT2D eigenvalue weighted by Gasteiger charge is 2.30. The molecule has 2 N–H and O–H groups in total. The fourth-order valence-corrected chi connectivity index (χ4v) is 2.68. The minimum atomic E-state index is -4.36. The molecule has 1 aromatic heterocycles. The van der Waals surface area contributed by atoms with Crippen molar-refractivity contribution in [1.82, 2.24) is 25.4 Å². The fraction of sp³-hybridized carbons (Fsp3) is 0.526. The summed E-state index contributed by atoms with van der Waals surface area (Å²) in [6.07, 6.45) is -1.01. The van der Waals surface area contributed by atoms with Crippen LogP contribution in [0.5, 0.6) is 0 Å². The van der Waals surface area contributed by atoms with Gasteiger partial charge in [-0.15, -0.1) is 10.2 Å². The Morgan fingerprint density at radius 2 is 2.07 bits per heavy atom. The van der Waals surface area contributed by atoms with E-state index in [1.165, 1.54) is 12.1 Å². The van der Waals surface area contributed by atoms with E-state index < -0.39 is 11.7 Å². The molecular weight excluding hydrogens is 369 g/mol. The quantitative estimate of drug-likeness (QED) is 0.529. The van der Waals surface area contributed by atoms with Gasteiger partial charge >= 0.3 is 6.18 Å². The molecule has 6 nitrogen and oxygen atoms in total. The molecule has 0 amide bonds. The van der Waals surface area contributed by atoms with Crippen LogP contribution >= 0.6 is 0 Å². The van der Waals surface area contributed by atoms with Gasteiger partial charge in [-0.05, 0) is 31.0 Å². The summed E-state index contributed by atoms with van der Waals surface area (Å²) in [4.78, 5) is 4.47. The van der Waals surface area contributed by atoms with E-state index in [1.807, 2.05) is 25.3 Å². The molecule has 0 saturated carbocycles. The van der Waals surface area contributed by atoms with Crippen molar-refractivity contribution >= 4 is 5.96 Å². The summed E-state index contributed by atoms with van der Waals surface area (Å²) in [7, 11) is 0. The van der Waals surface area contributed by atoms with Gasteiger partial charge in [0.25, 0.3) is 0 Å². The molecule has 0 bridgehead atoms. The first-order valence-corrected chi connectivity index (χ1v) is 9.43. The molecule has 0 aliphatic rings. The molecule has 1 atom stereocenters. The number of halogens is 3. The van der Waals surface area contributed by atoms with Crippen LogP contribution in [0.3, 0.4) is 0 Å². The van der Waals surface area contributed by atoms with Crippen molar-refractivity contribution in [2.45, 2.75) is 52.4 Å². The van der Waals surface area contributed by atoms with E-state index >= 15 is 0 Å². The maximum absolute atomic E-state index is 13.0. The second kappa shape index (κ2) is 10.1. The summed E-state index contributed by atoms with van der Waals surface area (Å²) >= 11 is 0. The summed E-state index contributed by atoms with van der Waals surface area (Å²) in [6.45, 7) is 7.73. The van der Waals surface area contributed by atoms with E-state index in [1.54, 1.807) is 12.4 Å². The maximum atomic E-state index is 13.0. The van der Waals surface area contributed by atoms with Gasteiger partial charge in [0.1, 0.15) is 12.2 Å². The van der Waals surface area contributed by atoms with Crippen molar-refractivity contribution in [2.24, 2.45) is 4.99 Å². The molecule has 0 aliphatic carbocycles. The number of nitrogens with one attached hydrogen (secondary N) is 2. The third-order valence-electron chi connectivity index (χ3n) is 4.22. The van der Waals surface area contributed by atoms with E-state index in [0.717, 1.165) is 24.7 Å². The van der Waals surface area contributed by atoms with Crippen molar-refractivity contribution in [3.8, 4) is 0 Å². The van der Waals surface area contributed by atoms with Crippen LogP contribution in [0.1, 0.15) is 50.2 Å². The van der Waals surface area contributed by atoms with E-state index in [-0.39, 0.29) is 6.04 Å². The van der Waals surface area contributed by atoms with Crippen molar-refractivity contribution in [1.29, 1.82) is 0 Å². The van der Waals surface area contributed by atoms with Crippen molar-refractivity contribution in [3.63, 3.8) is 0 Å². The first-order valence-electron chi connectivity index (χ1n) is 9.43. The highest BCUT2D eigenvalue weighted by Crippen LogP contribution is 2.30. The Kier molecular flexibility index (Phi) is 7.83. The average Bonchev–Trinajstić information content (AvgIpc) is 3.12. The Morgan fingerprint density at radius 1 is 1.29 bits per heavy atom. The lowest BCUT2D eigenvalue weighted by molar-refractivity contribution is -0.137. The smallest absolute Gasteiger partial charge is 0.355 e. The molecule has 0 fully saturated rings. The minimum Gasteiger partial charge on any atom is -0.355 e. The van der Waals surface area contributed by atoms with Crippen LogP contribution in [0, 0.1) is 0 Å². The molecule has 0 spiro atoms. The van der Waals surface area contributed by atoms with Crippen molar-refractivity contribution in [2.75, 3.05) is 13.1 Å². The maximum Gasteiger partial charge on any atom is 0.416 e. The lowest BCUT2D eigenvalue weighted by Gasteiger charge is -2.20. The summed E-state index contributed by atoms with van der Waals surface area (Å²) in [5, 5.41) is 14.4. The summed E-state index contributed by atoms with van der Waals surface area (Å²) < 4.78 is 40.8. The van der Waals surface area contributed by atoms with Gasteiger partial charge in [-0.25, -0.2) is 0 Å². The monoisotopic (exact) mass is 396 g/mol. The number of guanidine groups is 1. The number of hydrogen-bond donors (Lipinski definition) is 2. The van der Waals surface area contributed by atoms with E-state index in [0.29, 0.717) is 31.2 Å². The zero-order valence-electron chi connectivity index (χ0n) is 16.4. The molecule has 2 aromatic rings. The van der Waals surface area contributed by atoms with Crippen LogP contribution in [0.15, 0.2) is 35.6 Å². The van der Waals surface area contributed by atoms with Crippen LogP contribution in [0.25, 0.3) is 0 Å². The molecule has 0 radical (unpaired) electrons. The Morgan fingerprint density at radius 3 is 2.75 bits per heavy atom. The number of alkyl halides is 3. The normalized spacial score (nSPS) is 13.4. The summed E-state index contributed by atoms with van der Waals surface area (Å²) in [6, 6.07) is 5.01. The van der Waals surface area contributed by atoms with E-state index in [2.05, 4.69) is 25.8 Å². The molecule has 1 heterocycles. The lowest BCUT2D eigenvalue weighted by Crippen LogP contribution is -2.40. The number of benzene rings is 1. The number of aryl methyl sites for hydroxylation is 1.